The molecule has 6 nitrogen and oxygen atoms in total. The highest BCUT2D eigenvalue weighted by Crippen LogP contribution is 2.23. The molecule has 1 aliphatic heterocycles. The summed E-state index contributed by atoms with van der Waals surface area (Å²) in [7, 11) is 1.91. The molecule has 1 heterocycles. The third-order valence-electron chi connectivity index (χ3n) is 5.57. The summed E-state index contributed by atoms with van der Waals surface area (Å²) in [5.41, 5.74) is 2.22. The first-order chi connectivity index (χ1) is 13.8. The molecule has 158 valence electrons. The van der Waals surface area contributed by atoms with E-state index >= 15 is 0 Å². The van der Waals surface area contributed by atoms with Gasteiger partial charge >= 0.3 is 0 Å². The second-order valence-corrected chi connectivity index (χ2v) is 9.78. The van der Waals surface area contributed by atoms with Crippen molar-refractivity contribution in [2.24, 2.45) is 0 Å². The molecule has 7 heteroatoms. The smallest absolute Gasteiger partial charge is 0.243 e. The Kier molecular flexibility index (Phi) is 6.95. The standard InChI is InChI=1S/C22H31N3O3S/c1-18(22-17-25(14-15-28-22)16-19-8-6-5-7-9-19)24(4)29(26,27)21-12-10-20(11-13-21)23(2)3/h5-13,18,22H,14-17H2,1-4H3/t18-,22-/m0/s1. The summed E-state index contributed by atoms with van der Waals surface area (Å²) >= 11 is 0. The van der Waals surface area contributed by atoms with Crippen LogP contribution in [0.4, 0.5) is 5.69 Å². The Bertz CT molecular complexity index is 885. The number of sulfonamides is 1. The van der Waals surface area contributed by atoms with E-state index in [0.29, 0.717) is 18.0 Å². The van der Waals surface area contributed by atoms with Crippen molar-refractivity contribution in [1.29, 1.82) is 0 Å². The quantitative estimate of drug-likeness (QED) is 0.693. The van der Waals surface area contributed by atoms with E-state index in [0.717, 1.165) is 18.8 Å². The van der Waals surface area contributed by atoms with Crippen molar-refractivity contribution in [2.75, 3.05) is 45.7 Å². The van der Waals surface area contributed by atoms with Gasteiger partial charge in [-0.15, -0.1) is 0 Å². The lowest BCUT2D eigenvalue weighted by molar-refractivity contribution is -0.0554. The fourth-order valence-corrected chi connectivity index (χ4v) is 4.93. The molecule has 1 aliphatic rings. The van der Waals surface area contributed by atoms with Crippen molar-refractivity contribution >= 4 is 15.7 Å². The number of benzene rings is 2. The first-order valence-electron chi connectivity index (χ1n) is 9.92. The molecule has 0 radical (unpaired) electrons. The summed E-state index contributed by atoms with van der Waals surface area (Å²) in [5.74, 6) is 0. The monoisotopic (exact) mass is 417 g/mol. The number of likely N-dealkylation sites (N-methyl/N-ethyl adjacent to an activating group) is 1. The van der Waals surface area contributed by atoms with Crippen LogP contribution in [0.25, 0.3) is 0 Å². The summed E-state index contributed by atoms with van der Waals surface area (Å²) in [6.07, 6.45) is -0.173. The molecule has 0 aromatic heterocycles. The minimum absolute atomic E-state index is 0.173. The molecule has 3 rings (SSSR count). The van der Waals surface area contributed by atoms with Gasteiger partial charge in [-0.05, 0) is 36.8 Å². The highest BCUT2D eigenvalue weighted by Gasteiger charge is 2.33. The lowest BCUT2D eigenvalue weighted by atomic mass is 10.1. The Morgan fingerprint density at radius 3 is 2.34 bits per heavy atom. The predicted octanol–water partition coefficient (Wildman–Crippen LogP) is 2.66. The van der Waals surface area contributed by atoms with E-state index < -0.39 is 10.0 Å². The molecular weight excluding hydrogens is 386 g/mol. The number of nitrogens with zero attached hydrogens (tertiary/aromatic N) is 3. The average molecular weight is 418 g/mol. The van der Waals surface area contributed by atoms with Crippen molar-refractivity contribution < 1.29 is 13.2 Å². The van der Waals surface area contributed by atoms with Crippen LogP contribution in [0.2, 0.25) is 0 Å². The zero-order chi connectivity index (χ0) is 21.0. The van der Waals surface area contributed by atoms with Gasteiger partial charge in [0.1, 0.15) is 0 Å². The van der Waals surface area contributed by atoms with E-state index in [1.165, 1.54) is 9.87 Å². The molecule has 0 aliphatic carbocycles. The number of ether oxygens (including phenoxy) is 1. The van der Waals surface area contributed by atoms with Crippen molar-refractivity contribution in [1.82, 2.24) is 9.21 Å². The van der Waals surface area contributed by atoms with Crippen LogP contribution in [-0.4, -0.2) is 70.6 Å². The summed E-state index contributed by atoms with van der Waals surface area (Å²) in [5, 5.41) is 0. The molecule has 0 unspecified atom stereocenters. The van der Waals surface area contributed by atoms with Crippen LogP contribution < -0.4 is 4.90 Å². The van der Waals surface area contributed by atoms with Gasteiger partial charge in [-0.3, -0.25) is 4.90 Å². The summed E-state index contributed by atoms with van der Waals surface area (Å²) < 4.78 is 33.6. The fraction of sp³-hybridized carbons (Fsp3) is 0.455. The normalized spacial score (nSPS) is 19.3. The highest BCUT2D eigenvalue weighted by atomic mass is 32.2. The number of hydrogen-bond acceptors (Lipinski definition) is 5. The van der Waals surface area contributed by atoms with Gasteiger partial charge in [-0.1, -0.05) is 30.3 Å². The fourth-order valence-electron chi connectivity index (χ4n) is 3.54. The molecule has 1 fully saturated rings. The Morgan fingerprint density at radius 2 is 1.72 bits per heavy atom. The van der Waals surface area contributed by atoms with Crippen molar-refractivity contribution in [3.05, 3.63) is 60.2 Å². The molecule has 29 heavy (non-hydrogen) atoms. The SMILES string of the molecule is C[C@@H]([C@@H]1CN(Cc2ccccc2)CCO1)N(C)S(=O)(=O)c1ccc(N(C)C)cc1. The van der Waals surface area contributed by atoms with E-state index in [9.17, 15) is 8.42 Å². The molecule has 0 N–H and O–H groups in total. The third-order valence-corrected chi connectivity index (χ3v) is 7.53. The van der Waals surface area contributed by atoms with Crippen LogP contribution in [0.15, 0.2) is 59.5 Å². The van der Waals surface area contributed by atoms with Crippen LogP contribution in [0.5, 0.6) is 0 Å². The van der Waals surface area contributed by atoms with Crippen LogP contribution in [0, 0.1) is 0 Å². The minimum atomic E-state index is -3.59. The lowest BCUT2D eigenvalue weighted by Crippen LogP contribution is -2.52. The zero-order valence-corrected chi connectivity index (χ0v) is 18.5. The topological polar surface area (TPSA) is 53.1 Å². The molecule has 2 aromatic rings. The average Bonchev–Trinajstić information content (AvgIpc) is 2.73. The number of rotatable bonds is 7. The Balaban J connectivity index is 1.68. The maximum Gasteiger partial charge on any atom is 0.243 e. The van der Waals surface area contributed by atoms with Gasteiger partial charge in [0.25, 0.3) is 0 Å². The minimum Gasteiger partial charge on any atom is -0.378 e. The second kappa shape index (κ2) is 9.26. The number of hydrogen-bond donors (Lipinski definition) is 0. The molecule has 2 aromatic carbocycles. The summed E-state index contributed by atoms with van der Waals surface area (Å²) in [6, 6.07) is 17.0. The van der Waals surface area contributed by atoms with E-state index in [2.05, 4.69) is 17.0 Å². The van der Waals surface area contributed by atoms with Crippen LogP contribution in [0.3, 0.4) is 0 Å². The van der Waals surface area contributed by atoms with Gasteiger partial charge in [0, 0.05) is 52.5 Å². The second-order valence-electron chi connectivity index (χ2n) is 7.78. The van der Waals surface area contributed by atoms with Gasteiger partial charge in [0.2, 0.25) is 10.0 Å². The third kappa shape index (κ3) is 5.17. The van der Waals surface area contributed by atoms with Gasteiger partial charge in [0.15, 0.2) is 0 Å². The molecule has 0 spiro atoms. The largest absolute Gasteiger partial charge is 0.378 e. The van der Waals surface area contributed by atoms with Gasteiger partial charge in [-0.2, -0.15) is 4.31 Å². The van der Waals surface area contributed by atoms with Crippen molar-refractivity contribution in [2.45, 2.75) is 30.5 Å². The van der Waals surface area contributed by atoms with Crippen LogP contribution >= 0.6 is 0 Å². The van der Waals surface area contributed by atoms with Crippen molar-refractivity contribution in [3.63, 3.8) is 0 Å². The van der Waals surface area contributed by atoms with Crippen LogP contribution in [0.1, 0.15) is 12.5 Å². The predicted molar refractivity (Wildman–Crippen MR) is 117 cm³/mol. The molecule has 0 bridgehead atoms. The molecule has 2 atom stereocenters. The maximum atomic E-state index is 13.1. The number of anilines is 1. The van der Waals surface area contributed by atoms with Crippen molar-refractivity contribution in [3.8, 4) is 0 Å². The maximum absolute atomic E-state index is 13.1. The van der Waals surface area contributed by atoms with E-state index in [1.54, 1.807) is 19.2 Å². The zero-order valence-electron chi connectivity index (χ0n) is 17.7. The lowest BCUT2D eigenvalue weighted by Gasteiger charge is -2.38. The number of morpholine rings is 1. The molecular formula is C22H31N3O3S. The molecule has 0 saturated carbocycles. The summed E-state index contributed by atoms with van der Waals surface area (Å²) in [4.78, 5) is 4.57. The van der Waals surface area contributed by atoms with E-state index in [-0.39, 0.29) is 12.1 Å². The Hall–Kier alpha value is -1.93. The Labute approximate surface area is 174 Å². The van der Waals surface area contributed by atoms with E-state index in [1.807, 2.05) is 56.3 Å². The highest BCUT2D eigenvalue weighted by molar-refractivity contribution is 7.89. The molecule has 0 amide bonds. The summed E-state index contributed by atoms with van der Waals surface area (Å²) in [6.45, 7) is 4.92. The van der Waals surface area contributed by atoms with Gasteiger partial charge in [0.05, 0.1) is 17.6 Å². The van der Waals surface area contributed by atoms with Crippen LogP contribution in [-0.2, 0) is 21.3 Å². The Morgan fingerprint density at radius 1 is 1.07 bits per heavy atom. The van der Waals surface area contributed by atoms with Gasteiger partial charge in [-0.25, -0.2) is 8.42 Å². The first kappa shape index (κ1) is 21.8. The first-order valence-corrected chi connectivity index (χ1v) is 11.4. The molecule has 1 saturated heterocycles. The van der Waals surface area contributed by atoms with Gasteiger partial charge < -0.3 is 9.64 Å². The van der Waals surface area contributed by atoms with E-state index in [4.69, 9.17) is 4.74 Å².